The summed E-state index contributed by atoms with van der Waals surface area (Å²) < 4.78 is 0. The second-order valence-corrected chi connectivity index (χ2v) is 5.66. The Balaban J connectivity index is 2.05. The SMILES string of the molecule is CCC(C)C1CCCCN1Cc1cccc(N)c1. The molecule has 2 N–H and O–H groups in total. The second kappa shape index (κ2) is 6.24. The predicted octanol–water partition coefficient (Wildman–Crippen LogP) is 3.67. The van der Waals surface area contributed by atoms with E-state index in [0.717, 1.165) is 24.2 Å². The molecule has 0 aromatic heterocycles. The van der Waals surface area contributed by atoms with E-state index in [4.69, 9.17) is 5.73 Å². The van der Waals surface area contributed by atoms with Crippen molar-refractivity contribution in [2.24, 2.45) is 5.92 Å². The van der Waals surface area contributed by atoms with Crippen molar-refractivity contribution in [1.82, 2.24) is 4.90 Å². The van der Waals surface area contributed by atoms with Crippen LogP contribution < -0.4 is 5.73 Å². The highest BCUT2D eigenvalue weighted by Crippen LogP contribution is 2.26. The molecule has 0 spiro atoms. The van der Waals surface area contributed by atoms with Crippen LogP contribution in [0.2, 0.25) is 0 Å². The van der Waals surface area contributed by atoms with Gasteiger partial charge in [0.1, 0.15) is 0 Å². The van der Waals surface area contributed by atoms with Crippen molar-refractivity contribution in [2.45, 2.75) is 52.1 Å². The third kappa shape index (κ3) is 3.26. The Hall–Kier alpha value is -1.02. The highest BCUT2D eigenvalue weighted by Gasteiger charge is 2.26. The molecule has 0 radical (unpaired) electrons. The Morgan fingerprint density at radius 3 is 2.94 bits per heavy atom. The lowest BCUT2D eigenvalue weighted by molar-refractivity contribution is 0.0965. The van der Waals surface area contributed by atoms with Crippen molar-refractivity contribution in [1.29, 1.82) is 0 Å². The molecule has 0 saturated carbocycles. The van der Waals surface area contributed by atoms with Gasteiger partial charge in [-0.15, -0.1) is 0 Å². The van der Waals surface area contributed by atoms with Crippen LogP contribution in [0.1, 0.15) is 45.1 Å². The maximum atomic E-state index is 5.87. The molecule has 1 aliphatic rings. The molecule has 2 rings (SSSR count). The van der Waals surface area contributed by atoms with Crippen molar-refractivity contribution in [2.75, 3.05) is 12.3 Å². The van der Waals surface area contributed by atoms with E-state index in [1.807, 2.05) is 6.07 Å². The molecule has 1 saturated heterocycles. The fourth-order valence-corrected chi connectivity index (χ4v) is 3.06. The molecule has 1 aromatic carbocycles. The molecular formula is C16H26N2. The second-order valence-electron chi connectivity index (χ2n) is 5.66. The van der Waals surface area contributed by atoms with Crippen molar-refractivity contribution < 1.29 is 0 Å². The lowest BCUT2D eigenvalue weighted by Gasteiger charge is -2.39. The average Bonchev–Trinajstić information content (AvgIpc) is 2.38. The zero-order chi connectivity index (χ0) is 13.0. The molecule has 100 valence electrons. The maximum Gasteiger partial charge on any atom is 0.0317 e. The highest BCUT2D eigenvalue weighted by atomic mass is 15.2. The van der Waals surface area contributed by atoms with E-state index in [1.54, 1.807) is 0 Å². The molecule has 2 atom stereocenters. The standard InChI is InChI=1S/C16H26N2/c1-3-13(2)16-9-4-5-10-18(16)12-14-7-6-8-15(17)11-14/h6-8,11,13,16H,3-5,9-10,12,17H2,1-2H3. The minimum atomic E-state index is 0.755. The number of nitrogens with two attached hydrogens (primary N) is 1. The zero-order valence-electron chi connectivity index (χ0n) is 11.7. The van der Waals surface area contributed by atoms with Crippen molar-refractivity contribution in [3.05, 3.63) is 29.8 Å². The van der Waals surface area contributed by atoms with Crippen LogP contribution in [-0.4, -0.2) is 17.5 Å². The molecule has 2 unspecified atom stereocenters. The Morgan fingerprint density at radius 2 is 2.22 bits per heavy atom. The number of benzene rings is 1. The number of hydrogen-bond acceptors (Lipinski definition) is 2. The summed E-state index contributed by atoms with van der Waals surface area (Å²) in [6.45, 7) is 6.99. The van der Waals surface area contributed by atoms with E-state index in [0.29, 0.717) is 0 Å². The molecule has 0 amide bonds. The summed E-state index contributed by atoms with van der Waals surface area (Å²) in [6, 6.07) is 9.09. The monoisotopic (exact) mass is 246 g/mol. The van der Waals surface area contributed by atoms with Crippen molar-refractivity contribution in [3.63, 3.8) is 0 Å². The van der Waals surface area contributed by atoms with Gasteiger partial charge in [0.15, 0.2) is 0 Å². The lowest BCUT2D eigenvalue weighted by Crippen LogP contribution is -2.42. The summed E-state index contributed by atoms with van der Waals surface area (Å²) in [5.74, 6) is 0.798. The van der Waals surface area contributed by atoms with Gasteiger partial charge in [-0.3, -0.25) is 4.90 Å². The van der Waals surface area contributed by atoms with Crippen LogP contribution in [0.4, 0.5) is 5.69 Å². The Kier molecular flexibility index (Phi) is 4.65. The molecular weight excluding hydrogens is 220 g/mol. The molecule has 1 aromatic rings. The Morgan fingerprint density at radius 1 is 1.39 bits per heavy atom. The summed E-state index contributed by atoms with van der Waals surface area (Å²) >= 11 is 0. The van der Waals surface area contributed by atoms with Crippen LogP contribution in [0.25, 0.3) is 0 Å². The minimum Gasteiger partial charge on any atom is -0.399 e. The minimum absolute atomic E-state index is 0.755. The van der Waals surface area contributed by atoms with Crippen LogP contribution in [0.5, 0.6) is 0 Å². The molecule has 2 heteroatoms. The van der Waals surface area contributed by atoms with Gasteiger partial charge >= 0.3 is 0 Å². The van der Waals surface area contributed by atoms with E-state index in [9.17, 15) is 0 Å². The van der Waals surface area contributed by atoms with E-state index in [2.05, 4.69) is 36.9 Å². The number of anilines is 1. The summed E-state index contributed by atoms with van der Waals surface area (Å²) in [6.07, 6.45) is 5.37. The number of nitrogen functional groups attached to an aromatic ring is 1. The summed E-state index contributed by atoms with van der Waals surface area (Å²) in [7, 11) is 0. The topological polar surface area (TPSA) is 29.3 Å². The Bertz CT molecular complexity index is 375. The Labute approximate surface area is 111 Å². The first-order valence-corrected chi connectivity index (χ1v) is 7.29. The molecule has 1 fully saturated rings. The van der Waals surface area contributed by atoms with Crippen LogP contribution >= 0.6 is 0 Å². The molecule has 18 heavy (non-hydrogen) atoms. The van der Waals surface area contributed by atoms with Gasteiger partial charge < -0.3 is 5.73 Å². The summed E-state index contributed by atoms with van der Waals surface area (Å²) in [5.41, 5.74) is 8.10. The van der Waals surface area contributed by atoms with E-state index >= 15 is 0 Å². The maximum absolute atomic E-state index is 5.87. The van der Waals surface area contributed by atoms with Gasteiger partial charge in [0.2, 0.25) is 0 Å². The average molecular weight is 246 g/mol. The normalized spacial score (nSPS) is 22.9. The van der Waals surface area contributed by atoms with Gasteiger partial charge in [-0.25, -0.2) is 0 Å². The van der Waals surface area contributed by atoms with Gasteiger partial charge in [0, 0.05) is 18.3 Å². The predicted molar refractivity (Wildman–Crippen MR) is 78.4 cm³/mol. The summed E-state index contributed by atoms with van der Waals surface area (Å²) in [5, 5.41) is 0. The van der Waals surface area contributed by atoms with Crippen LogP contribution in [-0.2, 0) is 6.54 Å². The number of piperidine rings is 1. The van der Waals surface area contributed by atoms with E-state index in [1.165, 1.54) is 37.8 Å². The fourth-order valence-electron chi connectivity index (χ4n) is 3.06. The fraction of sp³-hybridized carbons (Fsp3) is 0.625. The van der Waals surface area contributed by atoms with Crippen molar-refractivity contribution >= 4 is 5.69 Å². The molecule has 2 nitrogen and oxygen atoms in total. The number of nitrogens with zero attached hydrogens (tertiary/aromatic N) is 1. The highest BCUT2D eigenvalue weighted by molar-refractivity contribution is 5.40. The first kappa shape index (κ1) is 13.4. The molecule has 0 bridgehead atoms. The third-order valence-corrected chi connectivity index (χ3v) is 4.30. The zero-order valence-corrected chi connectivity index (χ0v) is 11.7. The van der Waals surface area contributed by atoms with Gasteiger partial charge in [0.05, 0.1) is 0 Å². The van der Waals surface area contributed by atoms with Gasteiger partial charge in [-0.2, -0.15) is 0 Å². The lowest BCUT2D eigenvalue weighted by atomic mass is 9.89. The molecule has 1 aliphatic heterocycles. The van der Waals surface area contributed by atoms with Gasteiger partial charge in [0.25, 0.3) is 0 Å². The van der Waals surface area contributed by atoms with Gasteiger partial charge in [-0.05, 0) is 43.0 Å². The quantitative estimate of drug-likeness (QED) is 0.821. The van der Waals surface area contributed by atoms with Crippen LogP contribution in [0, 0.1) is 5.92 Å². The smallest absolute Gasteiger partial charge is 0.0317 e. The van der Waals surface area contributed by atoms with Crippen LogP contribution in [0.3, 0.4) is 0 Å². The largest absolute Gasteiger partial charge is 0.399 e. The van der Waals surface area contributed by atoms with Gasteiger partial charge in [-0.1, -0.05) is 38.8 Å². The summed E-state index contributed by atoms with van der Waals surface area (Å²) in [4.78, 5) is 2.66. The van der Waals surface area contributed by atoms with E-state index < -0.39 is 0 Å². The number of rotatable bonds is 4. The number of likely N-dealkylation sites (tertiary alicyclic amines) is 1. The third-order valence-electron chi connectivity index (χ3n) is 4.30. The van der Waals surface area contributed by atoms with E-state index in [-0.39, 0.29) is 0 Å². The molecule has 0 aliphatic carbocycles. The first-order chi connectivity index (χ1) is 8.70. The molecule has 1 heterocycles. The van der Waals surface area contributed by atoms with Crippen LogP contribution in [0.15, 0.2) is 24.3 Å². The number of hydrogen-bond donors (Lipinski definition) is 1. The first-order valence-electron chi connectivity index (χ1n) is 7.29. The van der Waals surface area contributed by atoms with Crippen molar-refractivity contribution in [3.8, 4) is 0 Å².